The molecule has 0 unspecified atom stereocenters. The normalized spacial score (nSPS) is 11.0. The highest BCUT2D eigenvalue weighted by atomic mass is 79.9. The Morgan fingerprint density at radius 3 is 2.42 bits per heavy atom. The van der Waals surface area contributed by atoms with E-state index in [4.69, 9.17) is 9.47 Å². The van der Waals surface area contributed by atoms with E-state index in [0.717, 1.165) is 21.2 Å². The molecule has 0 aliphatic carbocycles. The lowest BCUT2D eigenvalue weighted by molar-refractivity contribution is -0.112. The quantitative estimate of drug-likeness (QED) is 0.246. The average molecular weight is 570 g/mol. The first kappa shape index (κ1) is 24.6. The molecule has 0 heterocycles. The van der Waals surface area contributed by atoms with Gasteiger partial charge in [-0.05, 0) is 66.9 Å². The maximum atomic E-state index is 12.7. The molecule has 0 aromatic heterocycles. The van der Waals surface area contributed by atoms with Crippen molar-refractivity contribution in [2.24, 2.45) is 0 Å². The van der Waals surface area contributed by atoms with Crippen LogP contribution < -0.4 is 14.8 Å². The number of benzene rings is 3. The van der Waals surface area contributed by atoms with Crippen molar-refractivity contribution < 1.29 is 14.3 Å². The summed E-state index contributed by atoms with van der Waals surface area (Å²) >= 11 is 6.93. The van der Waals surface area contributed by atoms with Gasteiger partial charge in [0.2, 0.25) is 0 Å². The number of hydrogen-bond donors (Lipinski definition) is 1. The minimum Gasteiger partial charge on any atom is -0.493 e. The van der Waals surface area contributed by atoms with Crippen LogP contribution >= 0.6 is 31.9 Å². The summed E-state index contributed by atoms with van der Waals surface area (Å²) in [5.41, 5.74) is 4.29. The Morgan fingerprint density at radius 2 is 1.79 bits per heavy atom. The van der Waals surface area contributed by atoms with Crippen LogP contribution in [0.15, 0.2) is 69.1 Å². The lowest BCUT2D eigenvalue weighted by Crippen LogP contribution is -2.14. The van der Waals surface area contributed by atoms with E-state index in [-0.39, 0.29) is 5.57 Å². The number of hydrogen-bond acceptors (Lipinski definition) is 4. The minimum atomic E-state index is -0.481. The minimum absolute atomic E-state index is 0.0266. The number of nitrogens with one attached hydrogen (secondary N) is 1. The van der Waals surface area contributed by atoms with Crippen LogP contribution in [0.2, 0.25) is 0 Å². The molecule has 0 fully saturated rings. The monoisotopic (exact) mass is 568 g/mol. The van der Waals surface area contributed by atoms with Gasteiger partial charge in [0.25, 0.3) is 5.91 Å². The van der Waals surface area contributed by atoms with Gasteiger partial charge in [0, 0.05) is 14.6 Å². The molecule has 0 radical (unpaired) electrons. The van der Waals surface area contributed by atoms with E-state index in [1.54, 1.807) is 19.2 Å². The third-order valence-electron chi connectivity index (χ3n) is 4.89. The van der Waals surface area contributed by atoms with E-state index in [1.165, 1.54) is 6.08 Å². The largest absolute Gasteiger partial charge is 0.493 e. The molecule has 1 N–H and O–H groups in total. The van der Waals surface area contributed by atoms with Crippen LogP contribution in [0.1, 0.15) is 22.3 Å². The first-order chi connectivity index (χ1) is 15.8. The second kappa shape index (κ2) is 11.2. The van der Waals surface area contributed by atoms with Crippen molar-refractivity contribution in [3.63, 3.8) is 0 Å². The van der Waals surface area contributed by atoms with Gasteiger partial charge in [0.05, 0.1) is 7.11 Å². The van der Waals surface area contributed by atoms with E-state index in [2.05, 4.69) is 37.2 Å². The molecule has 33 heavy (non-hydrogen) atoms. The highest BCUT2D eigenvalue weighted by molar-refractivity contribution is 9.10. The maximum absolute atomic E-state index is 12.7. The van der Waals surface area contributed by atoms with Crippen molar-refractivity contribution in [3.05, 3.63) is 91.4 Å². The molecule has 5 nitrogen and oxygen atoms in total. The summed E-state index contributed by atoms with van der Waals surface area (Å²) in [5.74, 6) is 0.558. The van der Waals surface area contributed by atoms with Crippen molar-refractivity contribution in [2.45, 2.75) is 20.5 Å². The van der Waals surface area contributed by atoms with Crippen molar-refractivity contribution in [2.75, 3.05) is 12.4 Å². The molecular formula is C26H22Br2N2O3. The Bertz CT molecular complexity index is 1250. The van der Waals surface area contributed by atoms with Gasteiger partial charge in [-0.25, -0.2) is 0 Å². The first-order valence-corrected chi connectivity index (χ1v) is 11.6. The number of carbonyl (C=O) groups excluding carboxylic acids is 1. The van der Waals surface area contributed by atoms with Gasteiger partial charge < -0.3 is 14.8 Å². The second-order valence-corrected chi connectivity index (χ2v) is 9.15. The molecule has 0 atom stereocenters. The van der Waals surface area contributed by atoms with Gasteiger partial charge in [-0.15, -0.1) is 0 Å². The predicted octanol–water partition coefficient (Wildman–Crippen LogP) is 6.96. The summed E-state index contributed by atoms with van der Waals surface area (Å²) in [6.45, 7) is 4.26. The molecule has 3 aromatic carbocycles. The van der Waals surface area contributed by atoms with Gasteiger partial charge in [0.15, 0.2) is 11.5 Å². The number of nitrogens with zero attached hydrogens (tertiary/aromatic N) is 1. The summed E-state index contributed by atoms with van der Waals surface area (Å²) in [6.07, 6.45) is 1.52. The molecule has 0 aliphatic rings. The molecule has 0 spiro atoms. The molecule has 168 valence electrons. The van der Waals surface area contributed by atoms with Crippen LogP contribution in [0.4, 0.5) is 5.69 Å². The highest BCUT2D eigenvalue weighted by Gasteiger charge is 2.15. The van der Waals surface area contributed by atoms with Crippen LogP contribution in [0.3, 0.4) is 0 Å². The Balaban J connectivity index is 1.82. The zero-order valence-electron chi connectivity index (χ0n) is 18.4. The fourth-order valence-corrected chi connectivity index (χ4v) is 3.82. The Hall–Kier alpha value is -3.08. The van der Waals surface area contributed by atoms with E-state index in [1.807, 2.05) is 62.4 Å². The van der Waals surface area contributed by atoms with Crippen LogP contribution in [-0.4, -0.2) is 13.0 Å². The maximum Gasteiger partial charge on any atom is 0.266 e. The van der Waals surface area contributed by atoms with Crippen molar-refractivity contribution >= 4 is 49.5 Å². The molecule has 3 aromatic rings. The number of anilines is 1. The lowest BCUT2D eigenvalue weighted by Gasteiger charge is -2.13. The summed E-state index contributed by atoms with van der Waals surface area (Å²) in [4.78, 5) is 12.7. The molecule has 1 amide bonds. The zero-order chi connectivity index (χ0) is 24.0. The topological polar surface area (TPSA) is 71.3 Å². The van der Waals surface area contributed by atoms with Gasteiger partial charge >= 0.3 is 0 Å². The number of methoxy groups -OCH3 is 1. The van der Waals surface area contributed by atoms with Crippen LogP contribution in [0, 0.1) is 25.2 Å². The van der Waals surface area contributed by atoms with Crippen molar-refractivity contribution in [3.8, 4) is 17.6 Å². The predicted molar refractivity (Wildman–Crippen MR) is 137 cm³/mol. The van der Waals surface area contributed by atoms with Crippen molar-refractivity contribution in [1.29, 1.82) is 5.26 Å². The lowest BCUT2D eigenvalue weighted by atomic mass is 10.1. The molecule has 0 saturated carbocycles. The summed E-state index contributed by atoms with van der Waals surface area (Å²) in [7, 11) is 1.54. The third-order valence-corrected chi connectivity index (χ3v) is 6.10. The second-order valence-electron chi connectivity index (χ2n) is 7.38. The number of carbonyl (C=O) groups is 1. The van der Waals surface area contributed by atoms with Gasteiger partial charge in [-0.1, -0.05) is 61.7 Å². The van der Waals surface area contributed by atoms with Gasteiger partial charge in [-0.2, -0.15) is 5.26 Å². The van der Waals surface area contributed by atoms with Crippen LogP contribution in [0.25, 0.3) is 6.08 Å². The number of nitriles is 1. The molecular weight excluding hydrogens is 548 g/mol. The average Bonchev–Trinajstić information content (AvgIpc) is 2.79. The SMILES string of the molecule is COc1cc(/C=C(\C#N)C(=O)Nc2ccc(C)cc2C)c(Br)cc1OCc1ccc(Br)cc1. The Morgan fingerprint density at radius 1 is 1.06 bits per heavy atom. The number of amides is 1. The van der Waals surface area contributed by atoms with Crippen LogP contribution in [-0.2, 0) is 11.4 Å². The number of aryl methyl sites for hydroxylation is 2. The summed E-state index contributed by atoms with van der Waals surface area (Å²) in [5, 5.41) is 12.4. The Labute approximate surface area is 210 Å². The third kappa shape index (κ3) is 6.47. The van der Waals surface area contributed by atoms with Crippen LogP contribution in [0.5, 0.6) is 11.5 Å². The van der Waals surface area contributed by atoms with Gasteiger partial charge in [0.1, 0.15) is 18.2 Å². The molecule has 3 rings (SSSR count). The number of halogens is 2. The smallest absolute Gasteiger partial charge is 0.266 e. The fourth-order valence-electron chi connectivity index (χ4n) is 3.12. The molecule has 0 bridgehead atoms. The van der Waals surface area contributed by atoms with E-state index >= 15 is 0 Å². The molecule has 0 saturated heterocycles. The number of rotatable bonds is 7. The fraction of sp³-hybridized carbons (Fsp3) is 0.154. The highest BCUT2D eigenvalue weighted by Crippen LogP contribution is 2.35. The Kier molecular flexibility index (Phi) is 8.32. The van der Waals surface area contributed by atoms with Gasteiger partial charge in [-0.3, -0.25) is 4.79 Å². The summed E-state index contributed by atoms with van der Waals surface area (Å²) < 4.78 is 13.1. The standard InChI is InChI=1S/C26H22Br2N2O3/c1-16-4-9-23(17(2)10-16)30-26(31)20(14-29)11-19-12-24(32-3)25(13-22(19)28)33-15-18-5-7-21(27)8-6-18/h4-13H,15H2,1-3H3,(H,30,31)/b20-11+. The van der Waals surface area contributed by atoms with E-state index in [0.29, 0.717) is 33.8 Å². The van der Waals surface area contributed by atoms with E-state index < -0.39 is 5.91 Å². The first-order valence-electron chi connectivity index (χ1n) is 10.1. The zero-order valence-corrected chi connectivity index (χ0v) is 21.6. The number of ether oxygens (including phenoxy) is 2. The van der Waals surface area contributed by atoms with Crippen molar-refractivity contribution in [1.82, 2.24) is 0 Å². The molecule has 7 heteroatoms. The molecule has 0 aliphatic heterocycles. The van der Waals surface area contributed by atoms with E-state index in [9.17, 15) is 10.1 Å². The summed E-state index contributed by atoms with van der Waals surface area (Å²) in [6, 6.07) is 19.0.